The quantitative estimate of drug-likeness (QED) is 0.606. The number of hydrogen-bond donors (Lipinski definition) is 1. The molecule has 1 N–H and O–H groups in total. The lowest BCUT2D eigenvalue weighted by Crippen LogP contribution is -2.07. The molecular formula is C20H17F4N3O. The third-order valence-electron chi connectivity index (χ3n) is 4.75. The number of hydrogen-bond acceptors (Lipinski definition) is 4. The van der Waals surface area contributed by atoms with Crippen molar-refractivity contribution in [2.24, 2.45) is 0 Å². The van der Waals surface area contributed by atoms with E-state index in [2.05, 4.69) is 15.3 Å². The van der Waals surface area contributed by atoms with E-state index in [0.29, 0.717) is 35.5 Å². The van der Waals surface area contributed by atoms with E-state index in [4.69, 9.17) is 4.42 Å². The van der Waals surface area contributed by atoms with Crippen LogP contribution in [0.1, 0.15) is 35.5 Å². The Morgan fingerprint density at radius 3 is 2.54 bits per heavy atom. The molecule has 4 nitrogen and oxygen atoms in total. The Morgan fingerprint density at radius 2 is 1.82 bits per heavy atom. The molecule has 4 rings (SSSR count). The van der Waals surface area contributed by atoms with Gasteiger partial charge in [0, 0.05) is 24.1 Å². The summed E-state index contributed by atoms with van der Waals surface area (Å²) in [6, 6.07) is 6.30. The first-order valence-electron chi connectivity index (χ1n) is 8.95. The monoisotopic (exact) mass is 391 g/mol. The summed E-state index contributed by atoms with van der Waals surface area (Å²) in [6.07, 6.45) is 0.676. The number of alkyl halides is 3. The minimum atomic E-state index is -4.60. The van der Waals surface area contributed by atoms with Gasteiger partial charge in [0.15, 0.2) is 0 Å². The minimum absolute atomic E-state index is 0.0182. The molecule has 0 saturated heterocycles. The zero-order valence-corrected chi connectivity index (χ0v) is 14.8. The van der Waals surface area contributed by atoms with E-state index in [1.165, 1.54) is 18.5 Å². The highest BCUT2D eigenvalue weighted by Crippen LogP contribution is 2.43. The number of halogens is 4. The molecule has 0 fully saturated rings. The van der Waals surface area contributed by atoms with Crippen molar-refractivity contribution < 1.29 is 22.0 Å². The van der Waals surface area contributed by atoms with Gasteiger partial charge in [0.05, 0.1) is 23.7 Å². The van der Waals surface area contributed by atoms with E-state index < -0.39 is 11.9 Å². The molecule has 0 radical (unpaired) electrons. The van der Waals surface area contributed by atoms with Gasteiger partial charge in [-0.1, -0.05) is 18.2 Å². The Bertz CT molecular complexity index is 980. The number of aryl methyl sites for hydroxylation is 1. The van der Waals surface area contributed by atoms with E-state index in [1.54, 1.807) is 18.2 Å². The first kappa shape index (κ1) is 18.5. The van der Waals surface area contributed by atoms with E-state index in [-0.39, 0.29) is 23.6 Å². The van der Waals surface area contributed by atoms with E-state index >= 15 is 0 Å². The van der Waals surface area contributed by atoms with Gasteiger partial charge in [0.1, 0.15) is 17.4 Å². The van der Waals surface area contributed by atoms with Crippen molar-refractivity contribution in [2.75, 3.05) is 5.32 Å². The van der Waals surface area contributed by atoms with Gasteiger partial charge in [-0.25, -0.2) is 9.37 Å². The fourth-order valence-electron chi connectivity index (χ4n) is 3.41. The maximum atomic E-state index is 13.7. The average Bonchev–Trinajstić information content (AvgIpc) is 3.08. The molecule has 0 spiro atoms. The highest BCUT2D eigenvalue weighted by Gasteiger charge is 2.41. The molecule has 0 bridgehead atoms. The molecule has 146 valence electrons. The van der Waals surface area contributed by atoms with Gasteiger partial charge in [-0.05, 0) is 25.3 Å². The van der Waals surface area contributed by atoms with E-state index in [1.807, 2.05) is 0 Å². The highest BCUT2D eigenvalue weighted by molar-refractivity contribution is 5.68. The zero-order valence-electron chi connectivity index (χ0n) is 14.8. The van der Waals surface area contributed by atoms with Crippen molar-refractivity contribution in [3.05, 3.63) is 65.1 Å². The molecule has 2 aromatic heterocycles. The van der Waals surface area contributed by atoms with Gasteiger partial charge >= 0.3 is 6.18 Å². The smallest absolute Gasteiger partial charge is 0.450 e. The number of nitrogens with one attached hydrogen (secondary N) is 1. The van der Waals surface area contributed by atoms with Crippen LogP contribution >= 0.6 is 0 Å². The summed E-state index contributed by atoms with van der Waals surface area (Å²) in [4.78, 5) is 8.31. The molecule has 0 saturated carbocycles. The largest absolute Gasteiger partial charge is 0.455 e. The summed E-state index contributed by atoms with van der Waals surface area (Å²) >= 11 is 0. The maximum absolute atomic E-state index is 13.7. The molecule has 1 aromatic carbocycles. The van der Waals surface area contributed by atoms with Crippen molar-refractivity contribution >= 4 is 5.82 Å². The van der Waals surface area contributed by atoms with Gasteiger partial charge in [-0.3, -0.25) is 4.98 Å². The lowest BCUT2D eigenvalue weighted by molar-refractivity contribution is -0.152. The van der Waals surface area contributed by atoms with Crippen LogP contribution in [0, 0.1) is 5.82 Å². The van der Waals surface area contributed by atoms with Crippen molar-refractivity contribution in [2.45, 2.75) is 38.4 Å². The van der Waals surface area contributed by atoms with E-state index in [0.717, 1.165) is 12.8 Å². The molecule has 0 amide bonds. The van der Waals surface area contributed by atoms with Crippen LogP contribution in [0.5, 0.6) is 0 Å². The highest BCUT2D eigenvalue weighted by atomic mass is 19.4. The third-order valence-corrected chi connectivity index (χ3v) is 4.75. The van der Waals surface area contributed by atoms with Gasteiger partial charge < -0.3 is 9.73 Å². The molecule has 1 aliphatic rings. The van der Waals surface area contributed by atoms with Crippen molar-refractivity contribution in [1.29, 1.82) is 0 Å². The number of fused-ring (bicyclic) bond motifs is 1. The zero-order chi connectivity index (χ0) is 19.7. The lowest BCUT2D eigenvalue weighted by Gasteiger charge is -2.11. The third kappa shape index (κ3) is 3.58. The van der Waals surface area contributed by atoms with Crippen LogP contribution in [0.25, 0.3) is 11.3 Å². The van der Waals surface area contributed by atoms with Crippen molar-refractivity contribution in [1.82, 2.24) is 9.97 Å². The van der Waals surface area contributed by atoms with Crippen LogP contribution < -0.4 is 5.32 Å². The van der Waals surface area contributed by atoms with Gasteiger partial charge in [0.25, 0.3) is 0 Å². The Morgan fingerprint density at radius 1 is 1.04 bits per heavy atom. The fourth-order valence-corrected chi connectivity index (χ4v) is 3.41. The van der Waals surface area contributed by atoms with Gasteiger partial charge in [-0.2, -0.15) is 13.2 Å². The standard InChI is InChI=1S/C20H17F4N3O/c21-14-7-3-1-5-12(14)9-26-17-11-25-15(10-27-17)18-13-6-2-4-8-16(13)28-19(18)20(22,23)24/h1,3,5,7,10-11H,2,4,6,8-9H2,(H,26,27). The number of aromatic nitrogens is 2. The van der Waals surface area contributed by atoms with Crippen molar-refractivity contribution in [3.8, 4) is 11.3 Å². The molecule has 0 unspecified atom stereocenters. The molecule has 28 heavy (non-hydrogen) atoms. The SMILES string of the molecule is Fc1ccccc1CNc1cnc(-c2c(C(F)(F)F)oc3c2CCCC3)cn1. The van der Waals surface area contributed by atoms with Crippen molar-refractivity contribution in [3.63, 3.8) is 0 Å². The van der Waals surface area contributed by atoms with Crippen LogP contribution in [-0.2, 0) is 25.6 Å². The lowest BCUT2D eigenvalue weighted by atomic mass is 9.93. The summed E-state index contributed by atoms with van der Waals surface area (Å²) < 4.78 is 59.2. The summed E-state index contributed by atoms with van der Waals surface area (Å²) in [7, 11) is 0. The predicted octanol–water partition coefficient (Wildman–Crippen LogP) is 5.39. The van der Waals surface area contributed by atoms with Crippen LogP contribution in [-0.4, -0.2) is 9.97 Å². The fraction of sp³-hybridized carbons (Fsp3) is 0.300. The topological polar surface area (TPSA) is 51.0 Å². The predicted molar refractivity (Wildman–Crippen MR) is 95.1 cm³/mol. The Balaban J connectivity index is 1.61. The first-order chi connectivity index (χ1) is 13.4. The number of rotatable bonds is 4. The second kappa shape index (κ2) is 7.26. The molecular weight excluding hydrogens is 374 g/mol. The second-order valence-electron chi connectivity index (χ2n) is 6.64. The Hall–Kier alpha value is -2.90. The summed E-state index contributed by atoms with van der Waals surface area (Å²) in [5, 5.41) is 2.92. The van der Waals surface area contributed by atoms with Crippen LogP contribution in [0.15, 0.2) is 41.1 Å². The second-order valence-corrected chi connectivity index (χ2v) is 6.64. The number of anilines is 1. The molecule has 0 atom stereocenters. The summed E-state index contributed by atoms with van der Waals surface area (Å²) in [5.41, 5.74) is 1.13. The molecule has 2 heterocycles. The maximum Gasteiger partial charge on any atom is 0.450 e. The Labute approximate surface area is 158 Å². The van der Waals surface area contributed by atoms with Gasteiger partial charge in [0.2, 0.25) is 5.76 Å². The Kier molecular flexibility index (Phi) is 4.78. The van der Waals surface area contributed by atoms with E-state index in [9.17, 15) is 17.6 Å². The molecule has 1 aliphatic carbocycles. The van der Waals surface area contributed by atoms with Gasteiger partial charge in [-0.15, -0.1) is 0 Å². The minimum Gasteiger partial charge on any atom is -0.455 e. The van der Waals surface area contributed by atoms with Crippen LogP contribution in [0.2, 0.25) is 0 Å². The molecule has 0 aliphatic heterocycles. The van der Waals surface area contributed by atoms with Crippen LogP contribution in [0.3, 0.4) is 0 Å². The number of benzene rings is 1. The summed E-state index contributed by atoms with van der Waals surface area (Å²) in [6.45, 7) is 0.190. The first-order valence-corrected chi connectivity index (χ1v) is 8.95. The number of furan rings is 1. The summed E-state index contributed by atoms with van der Waals surface area (Å²) in [5.74, 6) is -0.629. The molecule has 8 heteroatoms. The number of nitrogens with zero attached hydrogens (tertiary/aromatic N) is 2. The molecule has 3 aromatic rings. The van der Waals surface area contributed by atoms with Crippen LogP contribution in [0.4, 0.5) is 23.4 Å². The normalized spacial score (nSPS) is 14.0. The average molecular weight is 391 g/mol.